The molecule has 0 aromatic heterocycles. The molecule has 5 rings (SSSR count). The van der Waals surface area contributed by atoms with Crippen LogP contribution < -0.4 is 18.9 Å². The first-order chi connectivity index (χ1) is 23.4. The number of sulfonamides is 1. The SMILES string of the molecule is C[C@@H]1CCCCO[C@@H](CN(C)Cc2ccc3c(c2)OCO3)[C@H](C)CN([C@H](C)CO)C(=O)c2cc(NS(=O)(=O)c3ccc(Cl)cc3)ccc2O1. The summed E-state index contributed by atoms with van der Waals surface area (Å²) < 4.78 is 52.8. The Morgan fingerprint density at radius 2 is 1.76 bits per heavy atom. The van der Waals surface area contributed by atoms with E-state index in [2.05, 4.69) is 9.62 Å². The number of benzene rings is 3. The molecule has 2 N–H and O–H groups in total. The standard InChI is InChI=1S/C36H46ClN3O8S/c1-24-19-40(25(2)22-41)36(42)31-18-29(38-49(43,44)30-12-9-28(37)10-13-30)11-15-32(31)48-26(3)7-5-6-16-45-35(24)21-39(4)20-27-8-14-33-34(17-27)47-23-46-33/h8-15,17-18,24-26,35,38,41H,5-7,16,19-23H2,1-4H3/t24-,25-,26-,35+/m1/s1. The van der Waals surface area contributed by atoms with Crippen molar-refractivity contribution in [1.29, 1.82) is 0 Å². The van der Waals surface area contributed by atoms with Gasteiger partial charge in [0.25, 0.3) is 15.9 Å². The molecule has 2 aliphatic heterocycles. The number of likely N-dealkylation sites (N-methyl/N-ethyl adjacent to an activating group) is 1. The minimum Gasteiger partial charge on any atom is -0.490 e. The van der Waals surface area contributed by atoms with E-state index < -0.39 is 16.1 Å². The van der Waals surface area contributed by atoms with Gasteiger partial charge in [0.15, 0.2) is 11.5 Å². The average Bonchev–Trinajstić information content (AvgIpc) is 3.54. The van der Waals surface area contributed by atoms with Gasteiger partial charge in [-0.2, -0.15) is 0 Å². The first-order valence-corrected chi connectivity index (χ1v) is 18.5. The van der Waals surface area contributed by atoms with E-state index in [-0.39, 0.29) is 53.6 Å². The highest BCUT2D eigenvalue weighted by Gasteiger charge is 2.31. The summed E-state index contributed by atoms with van der Waals surface area (Å²) in [5.41, 5.74) is 1.49. The molecule has 2 heterocycles. The third kappa shape index (κ3) is 9.58. The number of carbonyl (C=O) groups is 1. The number of nitrogens with one attached hydrogen (secondary N) is 1. The van der Waals surface area contributed by atoms with E-state index in [0.29, 0.717) is 37.0 Å². The van der Waals surface area contributed by atoms with E-state index in [1.54, 1.807) is 24.0 Å². The number of ether oxygens (including phenoxy) is 4. The van der Waals surface area contributed by atoms with E-state index in [4.69, 9.17) is 30.5 Å². The number of halogens is 1. The van der Waals surface area contributed by atoms with Crippen LogP contribution in [-0.2, 0) is 21.3 Å². The maximum Gasteiger partial charge on any atom is 0.261 e. The summed E-state index contributed by atoms with van der Waals surface area (Å²) >= 11 is 5.96. The van der Waals surface area contributed by atoms with Gasteiger partial charge in [0.05, 0.1) is 35.3 Å². The van der Waals surface area contributed by atoms with E-state index in [0.717, 1.165) is 36.3 Å². The Morgan fingerprint density at radius 1 is 1.02 bits per heavy atom. The first kappa shape index (κ1) is 36.7. The summed E-state index contributed by atoms with van der Waals surface area (Å²) in [6.07, 6.45) is 2.02. The molecule has 11 nitrogen and oxygen atoms in total. The number of amides is 1. The van der Waals surface area contributed by atoms with Crippen LogP contribution in [0.3, 0.4) is 0 Å². The van der Waals surface area contributed by atoms with Gasteiger partial charge in [0.1, 0.15) is 5.75 Å². The van der Waals surface area contributed by atoms with Crippen LogP contribution >= 0.6 is 11.6 Å². The number of nitrogens with zero attached hydrogens (tertiary/aromatic N) is 2. The Labute approximate surface area is 294 Å². The Kier molecular flexibility index (Phi) is 12.3. The molecule has 0 unspecified atom stereocenters. The third-order valence-electron chi connectivity index (χ3n) is 8.81. The van der Waals surface area contributed by atoms with Crippen molar-refractivity contribution in [3.8, 4) is 17.2 Å². The lowest BCUT2D eigenvalue weighted by molar-refractivity contribution is -0.0177. The van der Waals surface area contributed by atoms with Crippen molar-refractivity contribution in [2.45, 2.75) is 69.7 Å². The normalized spacial score (nSPS) is 21.1. The Morgan fingerprint density at radius 3 is 2.51 bits per heavy atom. The van der Waals surface area contributed by atoms with Crippen LogP contribution in [0, 0.1) is 5.92 Å². The maximum atomic E-state index is 14.4. The van der Waals surface area contributed by atoms with E-state index >= 15 is 0 Å². The molecule has 0 fully saturated rings. The molecule has 13 heteroatoms. The topological polar surface area (TPSA) is 127 Å². The molecule has 0 bridgehead atoms. The fraction of sp³-hybridized carbons (Fsp3) is 0.472. The molecule has 2 aliphatic rings. The van der Waals surface area contributed by atoms with Crippen LogP contribution in [0.1, 0.15) is 56.0 Å². The largest absolute Gasteiger partial charge is 0.490 e. The smallest absolute Gasteiger partial charge is 0.261 e. The van der Waals surface area contributed by atoms with Gasteiger partial charge in [0.2, 0.25) is 6.79 Å². The van der Waals surface area contributed by atoms with Gasteiger partial charge in [-0.3, -0.25) is 14.4 Å². The summed E-state index contributed by atoms with van der Waals surface area (Å²) in [6, 6.07) is 15.9. The highest BCUT2D eigenvalue weighted by atomic mass is 35.5. The third-order valence-corrected chi connectivity index (χ3v) is 10.5. The second-order valence-electron chi connectivity index (χ2n) is 13.0. The van der Waals surface area contributed by atoms with Crippen molar-refractivity contribution in [2.75, 3.05) is 44.9 Å². The zero-order valence-corrected chi connectivity index (χ0v) is 30.0. The van der Waals surface area contributed by atoms with Crippen molar-refractivity contribution >= 4 is 33.2 Å². The molecule has 4 atom stereocenters. The van der Waals surface area contributed by atoms with Gasteiger partial charge in [0, 0.05) is 42.9 Å². The van der Waals surface area contributed by atoms with Gasteiger partial charge in [-0.15, -0.1) is 0 Å². The molecular formula is C36H46ClN3O8S. The van der Waals surface area contributed by atoms with Crippen LogP contribution in [0.25, 0.3) is 0 Å². The predicted molar refractivity (Wildman–Crippen MR) is 188 cm³/mol. The van der Waals surface area contributed by atoms with E-state index in [1.165, 1.54) is 30.3 Å². The Hall–Kier alpha value is -3.55. The monoisotopic (exact) mass is 715 g/mol. The van der Waals surface area contributed by atoms with Gasteiger partial charge in [-0.05, 0) is 100 Å². The highest BCUT2D eigenvalue weighted by Crippen LogP contribution is 2.33. The summed E-state index contributed by atoms with van der Waals surface area (Å²) in [6.45, 7) is 7.87. The Balaban J connectivity index is 1.40. The Bertz CT molecular complexity index is 1690. The van der Waals surface area contributed by atoms with Crippen LogP contribution in [0.2, 0.25) is 5.02 Å². The zero-order valence-electron chi connectivity index (χ0n) is 28.4. The summed E-state index contributed by atoms with van der Waals surface area (Å²) in [5.74, 6) is 1.33. The minimum atomic E-state index is -3.97. The van der Waals surface area contributed by atoms with Crippen LogP contribution in [0.5, 0.6) is 17.2 Å². The summed E-state index contributed by atoms with van der Waals surface area (Å²) in [5, 5.41) is 10.7. The van der Waals surface area contributed by atoms with Gasteiger partial charge in [-0.1, -0.05) is 24.6 Å². The number of aliphatic hydroxyl groups excluding tert-OH is 1. The number of anilines is 1. The molecular weight excluding hydrogens is 670 g/mol. The molecule has 3 aromatic rings. The molecule has 0 saturated carbocycles. The van der Waals surface area contributed by atoms with Crippen LogP contribution in [0.4, 0.5) is 5.69 Å². The van der Waals surface area contributed by atoms with Crippen LogP contribution in [-0.4, -0.2) is 87.6 Å². The second-order valence-corrected chi connectivity index (χ2v) is 15.1. The van der Waals surface area contributed by atoms with Crippen molar-refractivity contribution in [2.24, 2.45) is 5.92 Å². The second kappa shape index (κ2) is 16.4. The van der Waals surface area contributed by atoms with Gasteiger partial charge in [-0.25, -0.2) is 8.42 Å². The lowest BCUT2D eigenvalue weighted by atomic mass is 10.0. The molecule has 266 valence electrons. The lowest BCUT2D eigenvalue weighted by Gasteiger charge is -2.36. The van der Waals surface area contributed by atoms with E-state index in [9.17, 15) is 18.3 Å². The number of rotatable bonds is 9. The van der Waals surface area contributed by atoms with Crippen molar-refractivity contribution in [3.05, 3.63) is 76.8 Å². The maximum absolute atomic E-state index is 14.4. The lowest BCUT2D eigenvalue weighted by Crippen LogP contribution is -2.47. The fourth-order valence-corrected chi connectivity index (χ4v) is 7.17. The number of hydrogen-bond donors (Lipinski definition) is 2. The fourth-order valence-electron chi connectivity index (χ4n) is 6.00. The molecule has 3 aromatic carbocycles. The van der Waals surface area contributed by atoms with Crippen molar-refractivity contribution in [1.82, 2.24) is 9.80 Å². The minimum absolute atomic E-state index is 0.0343. The highest BCUT2D eigenvalue weighted by molar-refractivity contribution is 7.92. The van der Waals surface area contributed by atoms with Crippen molar-refractivity contribution in [3.63, 3.8) is 0 Å². The summed E-state index contributed by atoms with van der Waals surface area (Å²) in [7, 11) is -1.94. The molecule has 49 heavy (non-hydrogen) atoms. The van der Waals surface area contributed by atoms with Gasteiger partial charge < -0.3 is 29.0 Å². The van der Waals surface area contributed by atoms with Crippen LogP contribution in [0.15, 0.2) is 65.6 Å². The average molecular weight is 716 g/mol. The van der Waals surface area contributed by atoms with Gasteiger partial charge >= 0.3 is 0 Å². The first-order valence-electron chi connectivity index (χ1n) is 16.6. The number of fused-ring (bicyclic) bond motifs is 2. The number of hydrogen-bond acceptors (Lipinski definition) is 9. The molecule has 0 aliphatic carbocycles. The molecule has 0 saturated heterocycles. The predicted octanol–water partition coefficient (Wildman–Crippen LogP) is 5.80. The quantitative estimate of drug-likeness (QED) is 0.283. The molecule has 1 amide bonds. The zero-order chi connectivity index (χ0) is 35.1. The van der Waals surface area contributed by atoms with Crippen molar-refractivity contribution < 1.29 is 37.3 Å². The van der Waals surface area contributed by atoms with E-state index in [1.807, 2.05) is 39.1 Å². The molecule has 0 radical (unpaired) electrons. The summed E-state index contributed by atoms with van der Waals surface area (Å²) in [4.78, 5) is 18.3. The molecule has 0 spiro atoms. The number of aliphatic hydroxyl groups is 1. The number of carbonyl (C=O) groups excluding carboxylic acids is 1.